The third kappa shape index (κ3) is 3.81. The molecule has 0 aromatic rings. The molecule has 1 fully saturated rings. The van der Waals surface area contributed by atoms with E-state index in [0.29, 0.717) is 0 Å². The molecule has 5 nitrogen and oxygen atoms in total. The van der Waals surface area contributed by atoms with E-state index in [1.807, 2.05) is 0 Å². The van der Waals surface area contributed by atoms with Crippen LogP contribution in [0.3, 0.4) is 0 Å². The summed E-state index contributed by atoms with van der Waals surface area (Å²) in [5.41, 5.74) is 0. The fraction of sp³-hybridized carbons (Fsp3) is 0.818. The van der Waals surface area contributed by atoms with E-state index >= 15 is 0 Å². The average molecular weight is 229 g/mol. The number of rotatable bonds is 5. The lowest BCUT2D eigenvalue weighted by molar-refractivity contribution is -0.148. The van der Waals surface area contributed by atoms with E-state index in [2.05, 4.69) is 5.32 Å². The van der Waals surface area contributed by atoms with E-state index in [-0.39, 0.29) is 18.4 Å². The van der Waals surface area contributed by atoms with Crippen LogP contribution >= 0.6 is 0 Å². The van der Waals surface area contributed by atoms with Crippen LogP contribution in [0.4, 0.5) is 0 Å². The molecule has 1 aliphatic rings. The summed E-state index contributed by atoms with van der Waals surface area (Å²) in [7, 11) is 1.32. The summed E-state index contributed by atoms with van der Waals surface area (Å²) >= 11 is 0. The van der Waals surface area contributed by atoms with Crippen molar-refractivity contribution in [3.63, 3.8) is 0 Å². The van der Waals surface area contributed by atoms with Crippen LogP contribution < -0.4 is 5.32 Å². The molecule has 16 heavy (non-hydrogen) atoms. The Balaban J connectivity index is 2.30. The summed E-state index contributed by atoms with van der Waals surface area (Å²) in [6.07, 6.45) is 4.25. The Morgan fingerprint density at radius 1 is 1.38 bits per heavy atom. The smallest absolute Gasteiger partial charge is 0.334 e. The monoisotopic (exact) mass is 229 g/mol. The van der Waals surface area contributed by atoms with Crippen LogP contribution in [0, 0.1) is 5.92 Å². The third-order valence-corrected chi connectivity index (χ3v) is 3.00. The molecular formula is C11H19NO4. The highest BCUT2D eigenvalue weighted by Crippen LogP contribution is 2.23. The van der Waals surface area contributed by atoms with Gasteiger partial charge < -0.3 is 15.2 Å². The van der Waals surface area contributed by atoms with Crippen molar-refractivity contribution in [1.29, 1.82) is 0 Å². The van der Waals surface area contributed by atoms with Gasteiger partial charge in [-0.25, -0.2) is 4.79 Å². The highest BCUT2D eigenvalue weighted by molar-refractivity contribution is 5.80. The normalized spacial score (nSPS) is 19.1. The van der Waals surface area contributed by atoms with Crippen LogP contribution in [0.1, 0.15) is 32.1 Å². The van der Waals surface area contributed by atoms with Gasteiger partial charge in [0, 0.05) is 13.0 Å². The summed E-state index contributed by atoms with van der Waals surface area (Å²) in [6.45, 7) is 0.0428. The summed E-state index contributed by atoms with van der Waals surface area (Å²) in [5.74, 6) is -1.03. The number of amides is 1. The molecule has 0 aromatic carbocycles. The molecular weight excluding hydrogens is 210 g/mol. The number of aliphatic carboxylic acids is 1. The van der Waals surface area contributed by atoms with Crippen molar-refractivity contribution >= 4 is 11.9 Å². The maximum atomic E-state index is 11.7. The van der Waals surface area contributed by atoms with Gasteiger partial charge in [0.25, 0.3) is 0 Å². The predicted molar refractivity (Wildman–Crippen MR) is 58.0 cm³/mol. The lowest BCUT2D eigenvalue weighted by Crippen LogP contribution is -2.40. The fourth-order valence-electron chi connectivity index (χ4n) is 1.97. The van der Waals surface area contributed by atoms with Crippen LogP contribution in [-0.4, -0.2) is 36.7 Å². The zero-order chi connectivity index (χ0) is 12.0. The highest BCUT2D eigenvalue weighted by atomic mass is 16.5. The Labute approximate surface area is 95.2 Å². The summed E-state index contributed by atoms with van der Waals surface area (Å²) < 4.78 is 4.74. The van der Waals surface area contributed by atoms with Crippen molar-refractivity contribution in [2.45, 2.75) is 38.2 Å². The number of hydrogen-bond acceptors (Lipinski definition) is 3. The van der Waals surface area contributed by atoms with E-state index in [1.54, 1.807) is 0 Å². The first kappa shape index (κ1) is 13.0. The number of nitrogens with one attached hydrogen (secondary N) is 1. The number of carbonyl (C=O) groups excluding carboxylic acids is 1. The quantitative estimate of drug-likeness (QED) is 0.730. The molecule has 5 heteroatoms. The molecule has 0 aromatic heterocycles. The van der Waals surface area contributed by atoms with Gasteiger partial charge in [-0.1, -0.05) is 19.3 Å². The summed E-state index contributed by atoms with van der Waals surface area (Å²) in [5, 5.41) is 11.4. The SMILES string of the molecule is COC(CNC(=O)C1CCCCC1)C(=O)O. The Bertz CT molecular complexity index is 248. The maximum absolute atomic E-state index is 11.7. The zero-order valence-corrected chi connectivity index (χ0v) is 9.57. The first-order valence-electron chi connectivity index (χ1n) is 5.68. The minimum absolute atomic E-state index is 0.0389. The van der Waals surface area contributed by atoms with Crippen LogP contribution in [0.2, 0.25) is 0 Å². The highest BCUT2D eigenvalue weighted by Gasteiger charge is 2.23. The minimum atomic E-state index is -1.05. The predicted octanol–water partition coefficient (Wildman–Crippen LogP) is 0.782. The molecule has 0 radical (unpaired) electrons. The molecule has 1 unspecified atom stereocenters. The molecule has 1 amide bonds. The van der Waals surface area contributed by atoms with Crippen molar-refractivity contribution in [3.05, 3.63) is 0 Å². The van der Waals surface area contributed by atoms with Crippen LogP contribution in [-0.2, 0) is 14.3 Å². The van der Waals surface area contributed by atoms with Gasteiger partial charge in [-0.3, -0.25) is 4.79 Å². The van der Waals surface area contributed by atoms with Crippen molar-refractivity contribution in [2.24, 2.45) is 5.92 Å². The lowest BCUT2D eigenvalue weighted by atomic mass is 9.88. The number of carbonyl (C=O) groups is 2. The first-order valence-corrected chi connectivity index (χ1v) is 5.68. The Kier molecular flexibility index (Phi) is 5.25. The second-order valence-corrected chi connectivity index (χ2v) is 4.14. The summed E-state index contributed by atoms with van der Waals surface area (Å²) in [4.78, 5) is 22.3. The number of methoxy groups -OCH3 is 1. The third-order valence-electron chi connectivity index (χ3n) is 3.00. The number of carboxylic acids is 1. The van der Waals surface area contributed by atoms with Crippen LogP contribution in [0.5, 0.6) is 0 Å². The second kappa shape index (κ2) is 6.48. The topological polar surface area (TPSA) is 75.6 Å². The first-order chi connectivity index (χ1) is 7.65. The van der Waals surface area contributed by atoms with Gasteiger partial charge in [-0.2, -0.15) is 0 Å². The molecule has 92 valence electrons. The Hall–Kier alpha value is -1.10. The summed E-state index contributed by atoms with van der Waals surface area (Å²) in [6, 6.07) is 0. The number of carboxylic acid groups (broad SMARTS) is 1. The van der Waals surface area contributed by atoms with Gasteiger partial charge in [0.15, 0.2) is 6.10 Å². The van der Waals surface area contributed by atoms with Gasteiger partial charge in [0.05, 0.1) is 6.54 Å². The molecule has 2 N–H and O–H groups in total. The van der Waals surface area contributed by atoms with Gasteiger partial charge >= 0.3 is 5.97 Å². The molecule has 1 rings (SSSR count). The molecule has 0 saturated heterocycles. The zero-order valence-electron chi connectivity index (χ0n) is 9.57. The molecule has 0 heterocycles. The molecule has 0 bridgehead atoms. The van der Waals surface area contributed by atoms with Crippen molar-refractivity contribution in [2.75, 3.05) is 13.7 Å². The van der Waals surface area contributed by atoms with E-state index in [4.69, 9.17) is 9.84 Å². The van der Waals surface area contributed by atoms with Gasteiger partial charge in [-0.15, -0.1) is 0 Å². The molecule has 0 spiro atoms. The molecule has 1 saturated carbocycles. The van der Waals surface area contributed by atoms with Crippen molar-refractivity contribution in [1.82, 2.24) is 5.32 Å². The Morgan fingerprint density at radius 3 is 2.50 bits per heavy atom. The van der Waals surface area contributed by atoms with Gasteiger partial charge in [0.2, 0.25) is 5.91 Å². The van der Waals surface area contributed by atoms with Crippen molar-refractivity contribution in [3.8, 4) is 0 Å². The maximum Gasteiger partial charge on any atom is 0.334 e. The van der Waals surface area contributed by atoms with E-state index < -0.39 is 12.1 Å². The van der Waals surface area contributed by atoms with Crippen molar-refractivity contribution < 1.29 is 19.4 Å². The van der Waals surface area contributed by atoms with E-state index in [0.717, 1.165) is 25.7 Å². The minimum Gasteiger partial charge on any atom is -0.479 e. The second-order valence-electron chi connectivity index (χ2n) is 4.14. The fourth-order valence-corrected chi connectivity index (χ4v) is 1.97. The van der Waals surface area contributed by atoms with Gasteiger partial charge in [-0.05, 0) is 12.8 Å². The number of hydrogen-bond donors (Lipinski definition) is 2. The standard InChI is InChI=1S/C11H19NO4/c1-16-9(11(14)15)7-12-10(13)8-5-3-2-4-6-8/h8-9H,2-7H2,1H3,(H,12,13)(H,14,15). The van der Waals surface area contributed by atoms with E-state index in [1.165, 1.54) is 13.5 Å². The molecule has 0 aliphatic heterocycles. The van der Waals surface area contributed by atoms with Crippen LogP contribution in [0.25, 0.3) is 0 Å². The largest absolute Gasteiger partial charge is 0.479 e. The lowest BCUT2D eigenvalue weighted by Gasteiger charge is -2.21. The number of ether oxygens (including phenoxy) is 1. The van der Waals surface area contributed by atoms with Crippen LogP contribution in [0.15, 0.2) is 0 Å². The Morgan fingerprint density at radius 2 is 2.00 bits per heavy atom. The van der Waals surface area contributed by atoms with E-state index in [9.17, 15) is 9.59 Å². The average Bonchev–Trinajstić information content (AvgIpc) is 2.30. The van der Waals surface area contributed by atoms with Gasteiger partial charge in [0.1, 0.15) is 0 Å². The molecule has 1 aliphatic carbocycles. The molecule has 1 atom stereocenters.